The molecule has 4 nitrogen and oxygen atoms in total. The van der Waals surface area contributed by atoms with Crippen molar-refractivity contribution in [2.24, 2.45) is 0 Å². The Bertz CT molecular complexity index is 262. The smallest absolute Gasteiger partial charge is 0.371 e. The molecule has 0 aromatic carbocycles. The predicted molar refractivity (Wildman–Crippen MR) is 42.4 cm³/mol. The van der Waals surface area contributed by atoms with Gasteiger partial charge in [-0.05, 0) is 12.1 Å². The van der Waals surface area contributed by atoms with Gasteiger partial charge in [0.05, 0.1) is 0 Å². The number of hydrogen-bond acceptors (Lipinski definition) is 3. The highest BCUT2D eigenvalue weighted by Crippen LogP contribution is 2.04. The van der Waals surface area contributed by atoms with Crippen LogP contribution in [0.15, 0.2) is 16.5 Å². The Labute approximate surface area is 69.8 Å². The average Bonchev–Trinajstić information content (AvgIpc) is 2.55. The Hall–Kier alpha value is -1.58. The van der Waals surface area contributed by atoms with Gasteiger partial charge in [0.2, 0.25) is 5.76 Å². The number of furan rings is 1. The van der Waals surface area contributed by atoms with Crippen molar-refractivity contribution in [1.82, 2.24) is 0 Å². The second-order valence-electron chi connectivity index (χ2n) is 1.63. The minimum atomic E-state index is -1.17. The van der Waals surface area contributed by atoms with Gasteiger partial charge in [-0.2, -0.15) is 0 Å². The van der Waals surface area contributed by atoms with E-state index in [1.165, 1.54) is 12.1 Å². The van der Waals surface area contributed by atoms with Crippen LogP contribution in [0.25, 0.3) is 0 Å². The molecule has 0 saturated heterocycles. The summed E-state index contributed by atoms with van der Waals surface area (Å²) in [7, 11) is 0. The fourth-order valence-corrected chi connectivity index (χ4v) is 0.531. The van der Waals surface area contributed by atoms with Crippen molar-refractivity contribution >= 4 is 12.3 Å². The van der Waals surface area contributed by atoms with Gasteiger partial charge in [0, 0.05) is 0 Å². The third-order valence-corrected chi connectivity index (χ3v) is 0.954. The second-order valence-corrected chi connectivity index (χ2v) is 1.63. The molecule has 0 saturated carbocycles. The third-order valence-electron chi connectivity index (χ3n) is 0.954. The Morgan fingerprint density at radius 2 is 2.08 bits per heavy atom. The van der Waals surface area contributed by atoms with Gasteiger partial charge >= 0.3 is 5.97 Å². The molecule has 66 valence electrons. The lowest BCUT2D eigenvalue weighted by Crippen LogP contribution is -1.91. The molecule has 4 heteroatoms. The van der Waals surface area contributed by atoms with Crippen LogP contribution < -0.4 is 0 Å². The molecular weight excluding hydrogens is 160 g/mol. The van der Waals surface area contributed by atoms with Crippen LogP contribution in [0.1, 0.15) is 35.0 Å². The molecule has 1 rings (SSSR count). The van der Waals surface area contributed by atoms with Crippen LogP contribution in [0.2, 0.25) is 0 Å². The first kappa shape index (κ1) is 10.4. The summed E-state index contributed by atoms with van der Waals surface area (Å²) >= 11 is 0. The number of carboxylic acid groups (broad SMARTS) is 1. The van der Waals surface area contributed by atoms with E-state index in [2.05, 4.69) is 4.42 Å². The highest BCUT2D eigenvalue weighted by molar-refractivity contribution is 5.85. The molecule has 0 atom stereocenters. The Morgan fingerprint density at radius 1 is 1.50 bits per heavy atom. The molecule has 1 aromatic heterocycles. The monoisotopic (exact) mass is 170 g/mol. The van der Waals surface area contributed by atoms with Crippen molar-refractivity contribution in [2.45, 2.75) is 13.8 Å². The van der Waals surface area contributed by atoms with Crippen LogP contribution in [0.5, 0.6) is 0 Å². The summed E-state index contributed by atoms with van der Waals surface area (Å²) < 4.78 is 4.53. The number of hydrogen-bond donors (Lipinski definition) is 1. The van der Waals surface area contributed by atoms with Gasteiger partial charge in [-0.1, -0.05) is 13.8 Å². The van der Waals surface area contributed by atoms with E-state index in [4.69, 9.17) is 5.11 Å². The van der Waals surface area contributed by atoms with Crippen molar-refractivity contribution in [3.8, 4) is 0 Å². The van der Waals surface area contributed by atoms with Gasteiger partial charge in [-0.3, -0.25) is 4.79 Å². The molecule has 0 unspecified atom stereocenters. The summed E-state index contributed by atoms with van der Waals surface area (Å²) in [6, 6.07) is 2.53. The lowest BCUT2D eigenvalue weighted by molar-refractivity contribution is 0.0661. The number of carbonyl (C=O) groups is 2. The summed E-state index contributed by atoms with van der Waals surface area (Å²) in [6.45, 7) is 4.00. The molecule has 0 spiro atoms. The SMILES string of the molecule is CC.O=Cc1ccc(C(=O)O)o1. The molecule has 0 fully saturated rings. The summed E-state index contributed by atoms with van der Waals surface area (Å²) in [5, 5.41) is 8.28. The van der Waals surface area contributed by atoms with E-state index >= 15 is 0 Å². The van der Waals surface area contributed by atoms with Gasteiger partial charge < -0.3 is 9.52 Å². The highest BCUT2D eigenvalue weighted by atomic mass is 16.4. The van der Waals surface area contributed by atoms with E-state index in [0.717, 1.165) is 0 Å². The maximum atomic E-state index is 10.1. The van der Waals surface area contributed by atoms with E-state index in [9.17, 15) is 9.59 Å². The standard InChI is InChI=1S/C6H4O4.C2H6/c7-3-4-1-2-5(10-4)6(8)9;1-2/h1-3H,(H,8,9);1-2H3. The molecule has 1 heterocycles. The molecule has 1 N–H and O–H groups in total. The summed E-state index contributed by atoms with van der Waals surface area (Å²) in [4.78, 5) is 20.1. The molecule has 0 aliphatic rings. The van der Waals surface area contributed by atoms with Crippen LogP contribution >= 0.6 is 0 Å². The summed E-state index contributed by atoms with van der Waals surface area (Å²) in [5.41, 5.74) is 0. The van der Waals surface area contributed by atoms with Gasteiger partial charge in [-0.15, -0.1) is 0 Å². The maximum Gasteiger partial charge on any atom is 0.371 e. The van der Waals surface area contributed by atoms with E-state index in [-0.39, 0.29) is 11.5 Å². The molecule has 12 heavy (non-hydrogen) atoms. The number of aldehydes is 1. The zero-order valence-corrected chi connectivity index (χ0v) is 6.90. The van der Waals surface area contributed by atoms with Crippen molar-refractivity contribution in [3.63, 3.8) is 0 Å². The number of rotatable bonds is 2. The number of carboxylic acids is 1. The normalized spacial score (nSPS) is 8.17. The highest BCUT2D eigenvalue weighted by Gasteiger charge is 2.06. The topological polar surface area (TPSA) is 67.5 Å². The minimum Gasteiger partial charge on any atom is -0.475 e. The van der Waals surface area contributed by atoms with Crippen LogP contribution in [-0.4, -0.2) is 17.4 Å². The largest absolute Gasteiger partial charge is 0.475 e. The molecule has 0 amide bonds. The van der Waals surface area contributed by atoms with Crippen molar-refractivity contribution in [3.05, 3.63) is 23.7 Å². The molecular formula is C8H10O4. The average molecular weight is 170 g/mol. The first-order valence-electron chi connectivity index (χ1n) is 3.52. The lowest BCUT2D eigenvalue weighted by Gasteiger charge is -1.81. The van der Waals surface area contributed by atoms with Gasteiger partial charge in [0.15, 0.2) is 12.0 Å². The fourth-order valence-electron chi connectivity index (χ4n) is 0.531. The predicted octanol–water partition coefficient (Wildman–Crippen LogP) is 1.82. The zero-order chi connectivity index (χ0) is 9.56. The number of aromatic carboxylic acids is 1. The third kappa shape index (κ3) is 2.57. The van der Waals surface area contributed by atoms with Crippen LogP contribution in [0.3, 0.4) is 0 Å². The van der Waals surface area contributed by atoms with Crippen molar-refractivity contribution < 1.29 is 19.1 Å². The lowest BCUT2D eigenvalue weighted by atomic mass is 10.4. The molecule has 0 aliphatic carbocycles. The molecule has 0 bridgehead atoms. The van der Waals surface area contributed by atoms with Crippen LogP contribution in [0.4, 0.5) is 0 Å². The van der Waals surface area contributed by atoms with Gasteiger partial charge in [0.1, 0.15) is 0 Å². The Balaban J connectivity index is 0.000000561. The van der Waals surface area contributed by atoms with Gasteiger partial charge in [0.25, 0.3) is 0 Å². The van der Waals surface area contributed by atoms with Gasteiger partial charge in [-0.25, -0.2) is 4.79 Å². The maximum absolute atomic E-state index is 10.1. The molecule has 1 aromatic rings. The van der Waals surface area contributed by atoms with Crippen molar-refractivity contribution in [2.75, 3.05) is 0 Å². The Kier molecular flexibility index (Phi) is 4.45. The first-order valence-corrected chi connectivity index (χ1v) is 3.52. The van der Waals surface area contributed by atoms with E-state index < -0.39 is 5.97 Å². The van der Waals surface area contributed by atoms with E-state index in [1.54, 1.807) is 0 Å². The van der Waals surface area contributed by atoms with E-state index in [0.29, 0.717) is 6.29 Å². The number of carbonyl (C=O) groups excluding carboxylic acids is 1. The van der Waals surface area contributed by atoms with Crippen LogP contribution in [-0.2, 0) is 0 Å². The van der Waals surface area contributed by atoms with E-state index in [1.807, 2.05) is 13.8 Å². The zero-order valence-electron chi connectivity index (χ0n) is 6.90. The van der Waals surface area contributed by atoms with Crippen LogP contribution in [0, 0.1) is 0 Å². The molecule has 0 radical (unpaired) electrons. The first-order chi connectivity index (χ1) is 5.74. The molecule has 0 aliphatic heterocycles. The fraction of sp³-hybridized carbons (Fsp3) is 0.250. The van der Waals surface area contributed by atoms with Crippen molar-refractivity contribution in [1.29, 1.82) is 0 Å². The summed E-state index contributed by atoms with van der Waals surface area (Å²) in [6.07, 6.45) is 0.451. The Morgan fingerprint density at radius 3 is 2.33 bits per heavy atom. The minimum absolute atomic E-state index is 0.0254. The summed E-state index contributed by atoms with van der Waals surface area (Å²) in [5.74, 6) is -1.37. The second kappa shape index (κ2) is 5.12. The quantitative estimate of drug-likeness (QED) is 0.687.